The molecule has 1 aromatic carbocycles. The lowest BCUT2D eigenvalue weighted by atomic mass is 10.2. The van der Waals surface area contributed by atoms with Crippen molar-refractivity contribution < 1.29 is 14.7 Å². The SMILES string of the molecule is O=C(O)CN1C(=O)C(=Cc2ccccc2Cl)SC1=S. The molecule has 1 saturated heterocycles. The van der Waals surface area contributed by atoms with Crippen molar-refractivity contribution in [1.82, 2.24) is 4.90 Å². The van der Waals surface area contributed by atoms with E-state index in [0.29, 0.717) is 15.5 Å². The van der Waals surface area contributed by atoms with Gasteiger partial charge >= 0.3 is 5.97 Å². The summed E-state index contributed by atoms with van der Waals surface area (Å²) in [6.45, 7) is -0.426. The third-order valence-electron chi connectivity index (χ3n) is 2.36. The van der Waals surface area contributed by atoms with E-state index < -0.39 is 18.4 Å². The molecule has 1 N–H and O–H groups in total. The number of carbonyl (C=O) groups excluding carboxylic acids is 1. The summed E-state index contributed by atoms with van der Waals surface area (Å²) in [6.07, 6.45) is 1.61. The number of amides is 1. The van der Waals surface area contributed by atoms with Crippen molar-refractivity contribution in [1.29, 1.82) is 0 Å². The summed E-state index contributed by atoms with van der Waals surface area (Å²) in [5.74, 6) is -1.51. The number of carbonyl (C=O) groups is 2. The molecule has 2 rings (SSSR count). The van der Waals surface area contributed by atoms with E-state index in [2.05, 4.69) is 0 Å². The van der Waals surface area contributed by atoms with Crippen LogP contribution in [0.15, 0.2) is 29.2 Å². The molecule has 98 valence electrons. The average molecular weight is 314 g/mol. The molecule has 19 heavy (non-hydrogen) atoms. The molecule has 0 saturated carbocycles. The van der Waals surface area contributed by atoms with Crippen molar-refractivity contribution in [3.8, 4) is 0 Å². The standard InChI is InChI=1S/C12H8ClNO3S2/c13-8-4-2-1-3-7(8)5-9-11(17)14(6-10(15)16)12(18)19-9/h1-5H,6H2,(H,15,16). The van der Waals surface area contributed by atoms with Crippen LogP contribution in [-0.4, -0.2) is 32.7 Å². The number of hydrogen-bond acceptors (Lipinski definition) is 4. The fraction of sp³-hybridized carbons (Fsp3) is 0.0833. The molecule has 0 spiro atoms. The first-order valence-electron chi connectivity index (χ1n) is 5.20. The van der Waals surface area contributed by atoms with Crippen LogP contribution in [0.25, 0.3) is 6.08 Å². The number of nitrogens with zero attached hydrogens (tertiary/aromatic N) is 1. The van der Waals surface area contributed by atoms with Gasteiger partial charge in [0.1, 0.15) is 10.9 Å². The molecule has 0 radical (unpaired) electrons. The molecule has 1 fully saturated rings. The van der Waals surface area contributed by atoms with Gasteiger partial charge in [0.15, 0.2) is 0 Å². The van der Waals surface area contributed by atoms with E-state index in [1.807, 2.05) is 0 Å². The first-order valence-corrected chi connectivity index (χ1v) is 6.81. The van der Waals surface area contributed by atoms with Crippen molar-refractivity contribution in [3.05, 3.63) is 39.8 Å². The van der Waals surface area contributed by atoms with E-state index in [9.17, 15) is 9.59 Å². The van der Waals surface area contributed by atoms with Crippen LogP contribution in [0.5, 0.6) is 0 Å². The Morgan fingerprint density at radius 1 is 1.47 bits per heavy atom. The van der Waals surface area contributed by atoms with Crippen LogP contribution in [-0.2, 0) is 9.59 Å². The Morgan fingerprint density at radius 2 is 2.16 bits per heavy atom. The van der Waals surface area contributed by atoms with Gasteiger partial charge in [-0.15, -0.1) is 0 Å². The number of thioether (sulfide) groups is 1. The molecular formula is C12H8ClNO3S2. The molecule has 1 aliphatic heterocycles. The molecule has 0 unspecified atom stereocenters. The number of benzene rings is 1. The predicted molar refractivity (Wildman–Crippen MR) is 79.0 cm³/mol. The molecule has 1 heterocycles. The molecule has 1 aromatic rings. The molecule has 0 aromatic heterocycles. The summed E-state index contributed by atoms with van der Waals surface area (Å²) >= 11 is 12.1. The zero-order valence-corrected chi connectivity index (χ0v) is 11.9. The van der Waals surface area contributed by atoms with Gasteiger partial charge < -0.3 is 5.11 Å². The van der Waals surface area contributed by atoms with Gasteiger partial charge in [-0.25, -0.2) is 0 Å². The average Bonchev–Trinajstić information content (AvgIpc) is 2.60. The maximum Gasteiger partial charge on any atom is 0.323 e. The Morgan fingerprint density at radius 3 is 2.79 bits per heavy atom. The highest BCUT2D eigenvalue weighted by molar-refractivity contribution is 8.26. The molecular weight excluding hydrogens is 306 g/mol. The van der Waals surface area contributed by atoms with Gasteiger partial charge in [0.25, 0.3) is 5.91 Å². The van der Waals surface area contributed by atoms with Crippen molar-refractivity contribution >= 4 is 57.9 Å². The van der Waals surface area contributed by atoms with Crippen molar-refractivity contribution in [2.24, 2.45) is 0 Å². The van der Waals surface area contributed by atoms with Crippen LogP contribution in [0.2, 0.25) is 5.02 Å². The second-order valence-corrected chi connectivity index (χ2v) is 5.77. The van der Waals surface area contributed by atoms with Crippen LogP contribution in [0.4, 0.5) is 0 Å². The Balaban J connectivity index is 2.28. The molecule has 0 atom stereocenters. The van der Waals surface area contributed by atoms with Gasteiger partial charge in [-0.05, 0) is 17.7 Å². The molecule has 4 nitrogen and oxygen atoms in total. The Labute approximate surface area is 124 Å². The van der Waals surface area contributed by atoms with E-state index in [1.165, 1.54) is 0 Å². The fourth-order valence-corrected chi connectivity index (χ4v) is 2.94. The number of halogens is 1. The first kappa shape index (κ1) is 14.0. The van der Waals surface area contributed by atoms with E-state index in [0.717, 1.165) is 16.7 Å². The third kappa shape index (κ3) is 3.15. The Bertz CT molecular complexity index is 600. The highest BCUT2D eigenvalue weighted by Crippen LogP contribution is 2.33. The van der Waals surface area contributed by atoms with Gasteiger partial charge in [0.2, 0.25) is 0 Å². The maximum absolute atomic E-state index is 12.0. The van der Waals surface area contributed by atoms with Crippen LogP contribution in [0.1, 0.15) is 5.56 Å². The zero-order chi connectivity index (χ0) is 14.0. The lowest BCUT2D eigenvalue weighted by molar-refractivity contribution is -0.140. The summed E-state index contributed by atoms with van der Waals surface area (Å²) in [5, 5.41) is 9.25. The minimum atomic E-state index is -1.10. The predicted octanol–water partition coefficient (Wildman–Crippen LogP) is 2.63. The first-order chi connectivity index (χ1) is 8.99. The summed E-state index contributed by atoms with van der Waals surface area (Å²) < 4.78 is 0.241. The van der Waals surface area contributed by atoms with Crippen LogP contribution >= 0.6 is 35.6 Å². The topological polar surface area (TPSA) is 57.6 Å². The monoisotopic (exact) mass is 313 g/mol. The summed E-state index contributed by atoms with van der Waals surface area (Å²) in [6, 6.07) is 7.07. The second kappa shape index (κ2) is 5.73. The minimum absolute atomic E-state index is 0.241. The van der Waals surface area contributed by atoms with E-state index >= 15 is 0 Å². The van der Waals surface area contributed by atoms with Gasteiger partial charge in [-0.3, -0.25) is 14.5 Å². The zero-order valence-electron chi connectivity index (χ0n) is 9.50. The van der Waals surface area contributed by atoms with Crippen LogP contribution < -0.4 is 0 Å². The fourth-order valence-electron chi connectivity index (χ4n) is 1.50. The van der Waals surface area contributed by atoms with Gasteiger partial charge in [0.05, 0.1) is 4.91 Å². The summed E-state index contributed by atoms with van der Waals surface area (Å²) in [5.41, 5.74) is 0.694. The summed E-state index contributed by atoms with van der Waals surface area (Å²) in [7, 11) is 0. The normalized spacial score (nSPS) is 17.3. The van der Waals surface area contributed by atoms with Gasteiger partial charge in [-0.1, -0.05) is 53.8 Å². The number of carboxylic acids is 1. The summed E-state index contributed by atoms with van der Waals surface area (Å²) in [4.78, 5) is 24.1. The largest absolute Gasteiger partial charge is 0.480 e. The minimum Gasteiger partial charge on any atom is -0.480 e. The highest BCUT2D eigenvalue weighted by Gasteiger charge is 2.33. The van der Waals surface area contributed by atoms with Crippen LogP contribution in [0.3, 0.4) is 0 Å². The van der Waals surface area contributed by atoms with E-state index in [4.69, 9.17) is 28.9 Å². The van der Waals surface area contributed by atoms with Crippen molar-refractivity contribution in [3.63, 3.8) is 0 Å². The number of carboxylic acid groups (broad SMARTS) is 1. The molecule has 0 bridgehead atoms. The Kier molecular flexibility index (Phi) is 4.24. The van der Waals surface area contributed by atoms with E-state index in [-0.39, 0.29) is 4.32 Å². The third-order valence-corrected chi connectivity index (χ3v) is 4.08. The smallest absolute Gasteiger partial charge is 0.323 e. The number of thiocarbonyl (C=S) groups is 1. The number of rotatable bonds is 3. The quantitative estimate of drug-likeness (QED) is 0.686. The molecule has 7 heteroatoms. The lowest BCUT2D eigenvalue weighted by Gasteiger charge is -2.10. The van der Waals surface area contributed by atoms with E-state index in [1.54, 1.807) is 30.3 Å². The maximum atomic E-state index is 12.0. The number of aliphatic carboxylic acids is 1. The molecule has 1 aliphatic rings. The van der Waals surface area contributed by atoms with Crippen LogP contribution in [0, 0.1) is 0 Å². The van der Waals surface area contributed by atoms with Gasteiger partial charge in [-0.2, -0.15) is 0 Å². The molecule has 1 amide bonds. The Hall–Kier alpha value is -1.37. The highest BCUT2D eigenvalue weighted by atomic mass is 35.5. The molecule has 0 aliphatic carbocycles. The second-order valence-electron chi connectivity index (χ2n) is 3.68. The van der Waals surface area contributed by atoms with Crippen molar-refractivity contribution in [2.45, 2.75) is 0 Å². The lowest BCUT2D eigenvalue weighted by Crippen LogP contribution is -2.33. The van der Waals surface area contributed by atoms with Crippen molar-refractivity contribution in [2.75, 3.05) is 6.54 Å². The number of hydrogen-bond donors (Lipinski definition) is 1. The van der Waals surface area contributed by atoms with Gasteiger partial charge in [0, 0.05) is 5.02 Å².